The number of benzene rings is 1. The Kier molecular flexibility index (Phi) is 5.84. The van der Waals surface area contributed by atoms with Gasteiger partial charge in [0, 0.05) is 44.7 Å². The first-order valence-electron chi connectivity index (χ1n) is 9.35. The van der Waals surface area contributed by atoms with E-state index in [1.807, 2.05) is 43.0 Å². The summed E-state index contributed by atoms with van der Waals surface area (Å²) in [4.78, 5) is 26.6. The predicted molar refractivity (Wildman–Crippen MR) is 104 cm³/mol. The molecule has 1 amide bonds. The molecule has 0 unspecified atom stereocenters. The number of aromatic nitrogens is 1. The molecule has 0 N–H and O–H groups in total. The highest BCUT2D eigenvalue weighted by molar-refractivity contribution is 5.97. The number of carbonyl (C=O) groups excluding carboxylic acids is 1. The maximum Gasteiger partial charge on any atom is 0.257 e. The van der Waals surface area contributed by atoms with Crippen molar-refractivity contribution in [3.63, 3.8) is 0 Å². The van der Waals surface area contributed by atoms with Crippen molar-refractivity contribution in [1.29, 1.82) is 0 Å². The number of aryl methyl sites for hydroxylation is 1. The van der Waals surface area contributed by atoms with Crippen molar-refractivity contribution < 1.29 is 14.3 Å². The van der Waals surface area contributed by atoms with Gasteiger partial charge in [-0.2, -0.15) is 0 Å². The Bertz CT molecular complexity index is 867. The van der Waals surface area contributed by atoms with Crippen molar-refractivity contribution in [1.82, 2.24) is 9.47 Å². The van der Waals surface area contributed by atoms with E-state index in [0.29, 0.717) is 36.8 Å². The zero-order valence-corrected chi connectivity index (χ0v) is 16.1. The SMILES string of the molecule is CCOc1ccccc1C(=O)N1CCC(Oc2cc(C)n(C)c(=O)c2)CC1. The van der Waals surface area contributed by atoms with Crippen LogP contribution in [-0.4, -0.2) is 41.2 Å². The first-order chi connectivity index (χ1) is 13.0. The van der Waals surface area contributed by atoms with Crippen molar-refractivity contribution >= 4 is 5.91 Å². The average Bonchev–Trinajstić information content (AvgIpc) is 2.67. The minimum Gasteiger partial charge on any atom is -0.493 e. The molecule has 0 atom stereocenters. The molecule has 6 nitrogen and oxygen atoms in total. The lowest BCUT2D eigenvalue weighted by molar-refractivity contribution is 0.0591. The third-order valence-corrected chi connectivity index (χ3v) is 4.93. The molecule has 0 aliphatic carbocycles. The molecular formula is C21H26N2O4. The van der Waals surface area contributed by atoms with Gasteiger partial charge >= 0.3 is 0 Å². The molecule has 6 heteroatoms. The number of hydrogen-bond acceptors (Lipinski definition) is 4. The van der Waals surface area contributed by atoms with Crippen LogP contribution < -0.4 is 15.0 Å². The van der Waals surface area contributed by atoms with Crippen LogP contribution in [0.5, 0.6) is 11.5 Å². The molecule has 3 rings (SSSR count). The number of ether oxygens (including phenoxy) is 2. The van der Waals surface area contributed by atoms with Gasteiger partial charge in [-0.25, -0.2) is 0 Å². The van der Waals surface area contributed by atoms with Gasteiger partial charge in [-0.05, 0) is 32.0 Å². The number of para-hydroxylation sites is 1. The van der Waals surface area contributed by atoms with E-state index in [1.165, 1.54) is 6.07 Å². The lowest BCUT2D eigenvalue weighted by Crippen LogP contribution is -2.42. The molecule has 0 radical (unpaired) electrons. The molecule has 0 saturated carbocycles. The van der Waals surface area contributed by atoms with Gasteiger partial charge in [-0.15, -0.1) is 0 Å². The summed E-state index contributed by atoms with van der Waals surface area (Å²) in [5.41, 5.74) is 1.38. The Morgan fingerprint density at radius 3 is 2.56 bits per heavy atom. The molecule has 1 aromatic heterocycles. The van der Waals surface area contributed by atoms with Crippen LogP contribution in [0.4, 0.5) is 0 Å². The van der Waals surface area contributed by atoms with E-state index < -0.39 is 0 Å². The third-order valence-electron chi connectivity index (χ3n) is 4.93. The van der Waals surface area contributed by atoms with E-state index in [1.54, 1.807) is 17.7 Å². The summed E-state index contributed by atoms with van der Waals surface area (Å²) in [7, 11) is 1.74. The summed E-state index contributed by atoms with van der Waals surface area (Å²) in [5.74, 6) is 1.21. The number of rotatable bonds is 5. The molecule has 1 aliphatic rings. The van der Waals surface area contributed by atoms with Crippen LogP contribution in [0, 0.1) is 6.92 Å². The van der Waals surface area contributed by atoms with Gasteiger partial charge < -0.3 is 18.9 Å². The molecule has 27 heavy (non-hydrogen) atoms. The van der Waals surface area contributed by atoms with Crippen LogP contribution in [0.2, 0.25) is 0 Å². The molecule has 2 aromatic rings. The first-order valence-corrected chi connectivity index (χ1v) is 9.35. The Morgan fingerprint density at radius 2 is 1.89 bits per heavy atom. The van der Waals surface area contributed by atoms with E-state index in [-0.39, 0.29) is 17.6 Å². The zero-order chi connectivity index (χ0) is 19.4. The second kappa shape index (κ2) is 8.29. The standard InChI is InChI=1S/C21H26N2O4/c1-4-26-19-8-6-5-7-18(19)21(25)23-11-9-16(10-12-23)27-17-13-15(2)22(3)20(24)14-17/h5-8,13-14,16H,4,9-12H2,1-3H3. The molecule has 2 heterocycles. The van der Waals surface area contributed by atoms with Crippen LogP contribution in [0.15, 0.2) is 41.2 Å². The monoisotopic (exact) mass is 370 g/mol. The molecule has 0 bridgehead atoms. The fraction of sp³-hybridized carbons (Fsp3) is 0.429. The van der Waals surface area contributed by atoms with E-state index in [2.05, 4.69) is 0 Å². The van der Waals surface area contributed by atoms with Crippen LogP contribution in [0.1, 0.15) is 35.8 Å². The lowest BCUT2D eigenvalue weighted by atomic mass is 10.1. The summed E-state index contributed by atoms with van der Waals surface area (Å²) >= 11 is 0. The van der Waals surface area contributed by atoms with Crippen molar-refractivity contribution in [2.24, 2.45) is 7.05 Å². The number of pyridine rings is 1. The molecule has 1 aromatic carbocycles. The number of likely N-dealkylation sites (tertiary alicyclic amines) is 1. The number of carbonyl (C=O) groups is 1. The highest BCUT2D eigenvalue weighted by atomic mass is 16.5. The van der Waals surface area contributed by atoms with Gasteiger partial charge in [0.1, 0.15) is 17.6 Å². The molecule has 144 valence electrons. The van der Waals surface area contributed by atoms with Crippen LogP contribution >= 0.6 is 0 Å². The quantitative estimate of drug-likeness (QED) is 0.812. The van der Waals surface area contributed by atoms with Gasteiger partial charge in [-0.1, -0.05) is 12.1 Å². The number of hydrogen-bond donors (Lipinski definition) is 0. The smallest absolute Gasteiger partial charge is 0.257 e. The zero-order valence-electron chi connectivity index (χ0n) is 16.1. The summed E-state index contributed by atoms with van der Waals surface area (Å²) < 4.78 is 13.2. The average molecular weight is 370 g/mol. The Hall–Kier alpha value is -2.76. The van der Waals surface area contributed by atoms with Crippen LogP contribution in [-0.2, 0) is 7.05 Å². The second-order valence-corrected chi connectivity index (χ2v) is 6.77. The fourth-order valence-electron chi connectivity index (χ4n) is 3.27. The summed E-state index contributed by atoms with van der Waals surface area (Å²) in [5, 5.41) is 0. The fourth-order valence-corrected chi connectivity index (χ4v) is 3.27. The lowest BCUT2D eigenvalue weighted by Gasteiger charge is -2.32. The number of amides is 1. The topological polar surface area (TPSA) is 60.8 Å². The molecule has 1 saturated heterocycles. The third kappa shape index (κ3) is 4.32. The maximum atomic E-state index is 12.8. The molecule has 1 fully saturated rings. The van der Waals surface area contributed by atoms with E-state index in [0.717, 1.165) is 18.5 Å². The van der Waals surface area contributed by atoms with Crippen molar-refractivity contribution in [3.8, 4) is 11.5 Å². The predicted octanol–water partition coefficient (Wildman–Crippen LogP) is 2.78. The highest BCUT2D eigenvalue weighted by Gasteiger charge is 2.26. The van der Waals surface area contributed by atoms with Gasteiger partial charge in [-0.3, -0.25) is 9.59 Å². The van der Waals surface area contributed by atoms with E-state index in [4.69, 9.17) is 9.47 Å². The van der Waals surface area contributed by atoms with Gasteiger partial charge in [0.05, 0.1) is 12.2 Å². The Balaban J connectivity index is 1.62. The van der Waals surface area contributed by atoms with Gasteiger partial charge in [0.2, 0.25) is 0 Å². The van der Waals surface area contributed by atoms with Gasteiger partial charge in [0.15, 0.2) is 0 Å². The van der Waals surface area contributed by atoms with E-state index >= 15 is 0 Å². The second-order valence-electron chi connectivity index (χ2n) is 6.77. The Morgan fingerprint density at radius 1 is 1.19 bits per heavy atom. The summed E-state index contributed by atoms with van der Waals surface area (Å²) in [6, 6.07) is 10.7. The molecule has 0 spiro atoms. The largest absolute Gasteiger partial charge is 0.493 e. The van der Waals surface area contributed by atoms with Crippen LogP contribution in [0.3, 0.4) is 0 Å². The normalized spacial score (nSPS) is 14.9. The van der Waals surface area contributed by atoms with Crippen molar-refractivity contribution in [3.05, 3.63) is 58.0 Å². The highest BCUT2D eigenvalue weighted by Crippen LogP contribution is 2.24. The van der Waals surface area contributed by atoms with Gasteiger partial charge in [0.25, 0.3) is 11.5 Å². The maximum absolute atomic E-state index is 12.8. The summed E-state index contributed by atoms with van der Waals surface area (Å²) in [6.45, 7) is 5.55. The van der Waals surface area contributed by atoms with Crippen LogP contribution in [0.25, 0.3) is 0 Å². The van der Waals surface area contributed by atoms with Crippen molar-refractivity contribution in [2.75, 3.05) is 19.7 Å². The minimum absolute atomic E-state index is 0.00249. The van der Waals surface area contributed by atoms with Crippen molar-refractivity contribution in [2.45, 2.75) is 32.8 Å². The summed E-state index contributed by atoms with van der Waals surface area (Å²) in [6.07, 6.45) is 1.47. The number of nitrogens with zero attached hydrogens (tertiary/aromatic N) is 2. The molecular weight excluding hydrogens is 344 g/mol. The molecule has 1 aliphatic heterocycles. The first kappa shape index (κ1) is 19.0. The number of piperidine rings is 1. The minimum atomic E-state index is -0.0786. The van der Waals surface area contributed by atoms with E-state index in [9.17, 15) is 9.59 Å². The Labute approximate surface area is 159 Å².